The van der Waals surface area contributed by atoms with Crippen LogP contribution in [0.25, 0.3) is 11.4 Å². The Morgan fingerprint density at radius 3 is 2.18 bits per heavy atom. The van der Waals surface area contributed by atoms with Crippen LogP contribution in [0, 0.1) is 23.2 Å². The second kappa shape index (κ2) is 10.4. The number of benzene rings is 1. The highest BCUT2D eigenvalue weighted by molar-refractivity contribution is 6.30. The van der Waals surface area contributed by atoms with Gasteiger partial charge in [0, 0.05) is 62.8 Å². The summed E-state index contributed by atoms with van der Waals surface area (Å²) >= 11 is 6.10. The highest BCUT2D eigenvalue weighted by Crippen LogP contribution is 2.60. The Hall–Kier alpha value is -2.87. The quantitative estimate of drug-likeness (QED) is 0.515. The van der Waals surface area contributed by atoms with Crippen molar-refractivity contribution in [3.63, 3.8) is 0 Å². The van der Waals surface area contributed by atoms with E-state index in [4.69, 9.17) is 21.6 Å². The first-order chi connectivity index (χ1) is 18.4. The lowest BCUT2D eigenvalue weighted by atomic mass is 9.49. The Morgan fingerprint density at radius 1 is 0.947 bits per heavy atom. The fourth-order valence-electron chi connectivity index (χ4n) is 7.69. The number of rotatable bonds is 7. The number of carbonyl (C=O) groups excluding carboxylic acids is 2. The number of nitrogens with one attached hydrogen (secondary N) is 2. The minimum Gasteiger partial charge on any atom is -0.368 e. The van der Waals surface area contributed by atoms with E-state index in [-0.39, 0.29) is 11.3 Å². The molecule has 5 fully saturated rings. The van der Waals surface area contributed by atoms with Gasteiger partial charge in [0.2, 0.25) is 11.8 Å². The first-order valence-corrected chi connectivity index (χ1v) is 14.4. The van der Waals surface area contributed by atoms with Gasteiger partial charge in [-0.1, -0.05) is 11.6 Å². The van der Waals surface area contributed by atoms with Gasteiger partial charge < -0.3 is 20.4 Å². The van der Waals surface area contributed by atoms with Crippen LogP contribution in [0.5, 0.6) is 0 Å². The Kier molecular flexibility index (Phi) is 6.93. The topological polar surface area (TPSA) is 90.5 Å². The molecule has 2 N–H and O–H groups in total. The summed E-state index contributed by atoms with van der Waals surface area (Å²) < 4.78 is 0. The predicted molar refractivity (Wildman–Crippen MR) is 149 cm³/mol. The highest BCUT2D eigenvalue weighted by Gasteiger charge is 2.55. The maximum absolute atomic E-state index is 13.8. The van der Waals surface area contributed by atoms with Crippen LogP contribution in [-0.2, 0) is 9.59 Å². The van der Waals surface area contributed by atoms with Crippen molar-refractivity contribution in [1.82, 2.24) is 20.2 Å². The van der Waals surface area contributed by atoms with Gasteiger partial charge in [-0.15, -0.1) is 0 Å². The smallest absolute Gasteiger partial charge is 0.228 e. The molecule has 7 rings (SSSR count). The molecule has 5 aliphatic rings. The first-order valence-electron chi connectivity index (χ1n) is 14.0. The summed E-state index contributed by atoms with van der Waals surface area (Å²) in [7, 11) is 0. The Bertz CT molecular complexity index is 1160. The van der Waals surface area contributed by atoms with E-state index >= 15 is 0 Å². The average Bonchev–Trinajstić information content (AvgIpc) is 2.90. The fourth-order valence-corrected chi connectivity index (χ4v) is 7.82. The summed E-state index contributed by atoms with van der Waals surface area (Å²) in [4.78, 5) is 39.1. The summed E-state index contributed by atoms with van der Waals surface area (Å²) in [5, 5.41) is 6.79. The van der Waals surface area contributed by atoms with Crippen molar-refractivity contribution in [3.05, 3.63) is 35.4 Å². The largest absolute Gasteiger partial charge is 0.368 e. The zero-order valence-electron chi connectivity index (χ0n) is 22.1. The van der Waals surface area contributed by atoms with Crippen LogP contribution in [0.3, 0.4) is 0 Å². The number of amides is 2. The van der Waals surface area contributed by atoms with Crippen LogP contribution < -0.4 is 15.5 Å². The molecule has 0 atom stereocenters. The van der Waals surface area contributed by atoms with Gasteiger partial charge in [-0.3, -0.25) is 9.59 Å². The molecule has 1 aliphatic heterocycles. The van der Waals surface area contributed by atoms with Crippen molar-refractivity contribution in [2.45, 2.75) is 45.4 Å². The third-order valence-corrected chi connectivity index (χ3v) is 9.25. The first kappa shape index (κ1) is 25.4. The minimum absolute atomic E-state index is 0.0574. The van der Waals surface area contributed by atoms with Crippen molar-refractivity contribution in [2.75, 3.05) is 49.5 Å². The predicted octanol–water partition coefficient (Wildman–Crippen LogP) is 4.21. The lowest BCUT2D eigenvalue weighted by molar-refractivity contribution is -0.158. The van der Waals surface area contributed by atoms with Gasteiger partial charge in [0.1, 0.15) is 11.6 Å². The highest BCUT2D eigenvalue weighted by atomic mass is 35.5. The van der Waals surface area contributed by atoms with Crippen molar-refractivity contribution < 1.29 is 9.59 Å². The van der Waals surface area contributed by atoms with Crippen molar-refractivity contribution in [2.24, 2.45) is 23.2 Å². The van der Waals surface area contributed by atoms with E-state index in [1.54, 1.807) is 0 Å². The van der Waals surface area contributed by atoms with Crippen LogP contribution in [0.1, 0.15) is 45.4 Å². The number of hydrogen-bond donors (Lipinski definition) is 2. The molecule has 2 amide bonds. The van der Waals surface area contributed by atoms with E-state index in [0.717, 1.165) is 74.6 Å². The number of halogens is 1. The second-order valence-electron chi connectivity index (χ2n) is 11.8. The van der Waals surface area contributed by atoms with Crippen LogP contribution >= 0.6 is 11.6 Å². The molecule has 1 aromatic carbocycles. The van der Waals surface area contributed by atoms with E-state index in [1.165, 1.54) is 26.2 Å². The molecule has 0 unspecified atom stereocenters. The lowest BCUT2D eigenvalue weighted by Gasteiger charge is -2.57. The summed E-state index contributed by atoms with van der Waals surface area (Å²) in [6, 6.07) is 9.48. The molecule has 0 spiro atoms. The van der Waals surface area contributed by atoms with Crippen molar-refractivity contribution in [3.8, 4) is 11.4 Å². The molecule has 4 aliphatic carbocycles. The number of aromatic nitrogens is 2. The number of nitrogens with zero attached hydrogens (tertiary/aromatic N) is 4. The number of hydrogen-bond acceptors (Lipinski definition) is 6. The summed E-state index contributed by atoms with van der Waals surface area (Å²) in [6.07, 6.45) is 7.40. The molecular formula is C29H37ClN6O2. The van der Waals surface area contributed by atoms with E-state index in [0.29, 0.717) is 35.7 Å². The molecule has 1 aromatic heterocycles. The summed E-state index contributed by atoms with van der Waals surface area (Å²) in [5.74, 6) is 4.85. The maximum atomic E-state index is 13.8. The third-order valence-electron chi connectivity index (χ3n) is 9.00. The van der Waals surface area contributed by atoms with Crippen molar-refractivity contribution >= 4 is 35.1 Å². The van der Waals surface area contributed by atoms with Gasteiger partial charge in [-0.05, 0) is 80.5 Å². The summed E-state index contributed by atoms with van der Waals surface area (Å²) in [5.41, 5.74) is 0.801. The number of carbonyl (C=O) groups is 2. The number of anilines is 2. The molecular weight excluding hydrogens is 500 g/mol. The molecule has 4 saturated carbocycles. The van der Waals surface area contributed by atoms with E-state index in [2.05, 4.69) is 20.4 Å². The van der Waals surface area contributed by atoms with Crippen LogP contribution in [-0.4, -0.2) is 66.0 Å². The molecule has 2 aromatic rings. The van der Waals surface area contributed by atoms with Gasteiger partial charge in [0.05, 0.1) is 5.41 Å². The van der Waals surface area contributed by atoms with E-state index < -0.39 is 0 Å². The Labute approximate surface area is 229 Å². The molecule has 2 heterocycles. The molecule has 8 nitrogen and oxygen atoms in total. The SMILES string of the molecule is CC(=O)NCCNc1cc(N2CCN(C(=O)C34CC5CC(CC(C5)C3)C4)CC2)nc(-c2ccc(Cl)cc2)n1. The third kappa shape index (κ3) is 5.20. The molecule has 38 heavy (non-hydrogen) atoms. The van der Waals surface area contributed by atoms with Crippen LogP contribution in [0.2, 0.25) is 5.02 Å². The lowest BCUT2D eigenvalue weighted by Crippen LogP contribution is -2.58. The molecule has 202 valence electrons. The second-order valence-corrected chi connectivity index (χ2v) is 12.3. The van der Waals surface area contributed by atoms with Gasteiger partial charge in [0.25, 0.3) is 0 Å². The van der Waals surface area contributed by atoms with Crippen LogP contribution in [0.15, 0.2) is 30.3 Å². The van der Waals surface area contributed by atoms with Gasteiger partial charge in [0.15, 0.2) is 5.82 Å². The van der Waals surface area contributed by atoms with Gasteiger partial charge in [-0.2, -0.15) is 0 Å². The fraction of sp³-hybridized carbons (Fsp3) is 0.586. The normalized spacial score (nSPS) is 27.9. The Morgan fingerprint density at radius 2 is 1.58 bits per heavy atom. The molecule has 1 saturated heterocycles. The maximum Gasteiger partial charge on any atom is 0.228 e. The summed E-state index contributed by atoms with van der Waals surface area (Å²) in [6.45, 7) is 5.54. The molecule has 9 heteroatoms. The van der Waals surface area contributed by atoms with E-state index in [1.807, 2.05) is 30.3 Å². The molecule has 0 radical (unpaired) electrons. The minimum atomic E-state index is -0.0847. The molecule has 4 bridgehead atoms. The average molecular weight is 537 g/mol. The number of piperazine rings is 1. The van der Waals surface area contributed by atoms with Crippen molar-refractivity contribution in [1.29, 1.82) is 0 Å². The zero-order chi connectivity index (χ0) is 26.3. The van der Waals surface area contributed by atoms with E-state index in [9.17, 15) is 9.59 Å². The standard InChI is InChI=1S/C29H37ClN6O2/c1-19(37)31-6-7-32-25-15-26(34-27(33-25)23-2-4-24(30)5-3-23)35-8-10-36(11-9-35)28(38)29-16-20-12-21(17-29)14-22(13-20)18-29/h2-5,15,20-22H,6-14,16-18H2,1H3,(H,31,37)(H,32,33,34). The monoisotopic (exact) mass is 536 g/mol. The van der Waals surface area contributed by atoms with Crippen LogP contribution in [0.4, 0.5) is 11.6 Å². The van der Waals surface area contributed by atoms with Gasteiger partial charge in [-0.25, -0.2) is 9.97 Å². The van der Waals surface area contributed by atoms with Gasteiger partial charge >= 0.3 is 0 Å². The Balaban J connectivity index is 1.16. The zero-order valence-corrected chi connectivity index (χ0v) is 22.8.